The largest absolute Gasteiger partial charge is 0.484 e. The number of rotatable bonds is 9. The van der Waals surface area contributed by atoms with E-state index < -0.39 is 0 Å². The van der Waals surface area contributed by atoms with Crippen LogP contribution in [0.5, 0.6) is 5.75 Å². The zero-order chi connectivity index (χ0) is 19.9. The second kappa shape index (κ2) is 9.55. The summed E-state index contributed by atoms with van der Waals surface area (Å²) in [6.45, 7) is 6.54. The van der Waals surface area contributed by atoms with Crippen LogP contribution in [0.1, 0.15) is 53.6 Å². The number of carbonyl (C=O) groups is 1. The highest BCUT2D eigenvalue weighted by molar-refractivity contribution is 7.99. The van der Waals surface area contributed by atoms with Gasteiger partial charge >= 0.3 is 0 Å². The molecule has 0 spiro atoms. The van der Waals surface area contributed by atoms with Crippen LogP contribution in [-0.4, -0.2) is 21.7 Å². The first-order chi connectivity index (χ1) is 13.5. The molecule has 0 N–H and O–H groups in total. The van der Waals surface area contributed by atoms with Crippen molar-refractivity contribution in [3.05, 3.63) is 71.1 Å². The van der Waals surface area contributed by atoms with E-state index in [4.69, 9.17) is 9.15 Å². The number of aryl methyl sites for hydroxylation is 1. The van der Waals surface area contributed by atoms with E-state index in [-0.39, 0.29) is 18.1 Å². The average molecular weight is 397 g/mol. The normalized spacial score (nSPS) is 12.0. The Morgan fingerprint density at radius 2 is 1.96 bits per heavy atom. The highest BCUT2D eigenvalue weighted by atomic mass is 32.2. The van der Waals surface area contributed by atoms with Crippen molar-refractivity contribution in [2.24, 2.45) is 0 Å². The van der Waals surface area contributed by atoms with Crippen LogP contribution in [0.4, 0.5) is 0 Å². The Morgan fingerprint density at radius 1 is 1.18 bits per heavy atom. The molecular weight excluding hydrogens is 372 g/mol. The molecule has 0 radical (unpaired) electrons. The van der Waals surface area contributed by atoms with Gasteiger partial charge in [-0.25, -0.2) is 0 Å². The number of benzene rings is 2. The van der Waals surface area contributed by atoms with E-state index in [0.717, 1.165) is 17.7 Å². The third kappa shape index (κ3) is 5.45. The summed E-state index contributed by atoms with van der Waals surface area (Å²) in [6, 6.07) is 15.6. The van der Waals surface area contributed by atoms with Gasteiger partial charge in [-0.05, 0) is 42.5 Å². The van der Waals surface area contributed by atoms with Crippen molar-refractivity contribution in [2.75, 3.05) is 5.75 Å². The Hall–Kier alpha value is -2.60. The van der Waals surface area contributed by atoms with E-state index >= 15 is 0 Å². The number of aromatic nitrogens is 2. The molecule has 1 heterocycles. The molecule has 0 aliphatic heterocycles. The zero-order valence-electron chi connectivity index (χ0n) is 16.3. The lowest BCUT2D eigenvalue weighted by molar-refractivity contribution is 0.102. The van der Waals surface area contributed by atoms with E-state index in [2.05, 4.69) is 24.0 Å². The highest BCUT2D eigenvalue weighted by Crippen LogP contribution is 2.22. The molecule has 28 heavy (non-hydrogen) atoms. The lowest BCUT2D eigenvalue weighted by Crippen LogP contribution is -2.03. The number of carbonyl (C=O) groups excluding carboxylic acids is 1. The quantitative estimate of drug-likeness (QED) is 0.354. The Bertz CT molecular complexity index is 922. The Labute approximate surface area is 169 Å². The Kier molecular flexibility index (Phi) is 6.87. The van der Waals surface area contributed by atoms with Crippen molar-refractivity contribution >= 4 is 17.5 Å². The second-order valence-electron chi connectivity index (χ2n) is 6.71. The molecule has 1 unspecified atom stereocenters. The van der Waals surface area contributed by atoms with Crippen molar-refractivity contribution in [3.63, 3.8) is 0 Å². The second-order valence-corrected chi connectivity index (χ2v) is 7.64. The van der Waals surface area contributed by atoms with E-state index in [1.54, 1.807) is 0 Å². The van der Waals surface area contributed by atoms with Gasteiger partial charge in [0.05, 0.1) is 5.75 Å². The summed E-state index contributed by atoms with van der Waals surface area (Å²) in [5.41, 5.74) is 3.07. The maximum Gasteiger partial charge on any atom is 0.277 e. The summed E-state index contributed by atoms with van der Waals surface area (Å²) in [7, 11) is 0. The fourth-order valence-corrected chi connectivity index (χ4v) is 3.32. The molecule has 0 amide bonds. The van der Waals surface area contributed by atoms with Crippen LogP contribution in [0.2, 0.25) is 0 Å². The van der Waals surface area contributed by atoms with Crippen molar-refractivity contribution in [1.29, 1.82) is 0 Å². The molecule has 0 saturated heterocycles. The van der Waals surface area contributed by atoms with Crippen LogP contribution in [0.15, 0.2) is 58.2 Å². The number of nitrogens with zero attached hydrogens (tertiary/aromatic N) is 2. The molecule has 3 rings (SSSR count). The smallest absolute Gasteiger partial charge is 0.277 e. The molecule has 0 aliphatic carbocycles. The van der Waals surface area contributed by atoms with Crippen molar-refractivity contribution in [3.8, 4) is 5.75 Å². The molecule has 146 valence electrons. The number of thioether (sulfide) groups is 1. The van der Waals surface area contributed by atoms with Gasteiger partial charge in [0.1, 0.15) is 5.75 Å². The van der Waals surface area contributed by atoms with Crippen LogP contribution in [-0.2, 0) is 6.61 Å². The summed E-state index contributed by atoms with van der Waals surface area (Å²) in [5, 5.41) is 8.31. The van der Waals surface area contributed by atoms with Gasteiger partial charge in [-0.2, -0.15) is 0 Å². The van der Waals surface area contributed by atoms with Gasteiger partial charge < -0.3 is 9.15 Å². The van der Waals surface area contributed by atoms with Crippen LogP contribution >= 0.6 is 11.8 Å². The number of hydrogen-bond donors (Lipinski definition) is 0. The average Bonchev–Trinajstić information content (AvgIpc) is 3.18. The maximum absolute atomic E-state index is 12.4. The maximum atomic E-state index is 12.4. The van der Waals surface area contributed by atoms with E-state index in [9.17, 15) is 4.79 Å². The van der Waals surface area contributed by atoms with Gasteiger partial charge in [0.15, 0.2) is 12.4 Å². The standard InChI is InChI=1S/C22H24N2O3S/c1-4-16(3)17-8-10-18(11-9-17)20(25)14-28-22-24-23-21(27-22)13-26-19-7-5-6-15(2)12-19/h5-12,16H,4,13-14H2,1-3H3. The topological polar surface area (TPSA) is 65.2 Å². The summed E-state index contributed by atoms with van der Waals surface area (Å²) in [6.07, 6.45) is 1.08. The highest BCUT2D eigenvalue weighted by Gasteiger charge is 2.12. The first-order valence-corrected chi connectivity index (χ1v) is 10.3. The Morgan fingerprint density at radius 3 is 2.68 bits per heavy atom. The minimum atomic E-state index is 0.0384. The SMILES string of the molecule is CCC(C)c1ccc(C(=O)CSc2nnc(COc3cccc(C)c3)o2)cc1. The molecule has 1 atom stereocenters. The number of Topliss-reactive ketones (excluding diaryl/α,β-unsaturated/α-hetero) is 1. The molecule has 0 bridgehead atoms. The third-order valence-corrected chi connectivity index (χ3v) is 5.36. The molecule has 5 nitrogen and oxygen atoms in total. The van der Waals surface area contributed by atoms with E-state index in [1.165, 1.54) is 17.3 Å². The summed E-state index contributed by atoms with van der Waals surface area (Å²) in [4.78, 5) is 12.4. The van der Waals surface area contributed by atoms with E-state index in [0.29, 0.717) is 22.6 Å². The molecule has 0 aliphatic rings. The summed E-state index contributed by atoms with van der Waals surface area (Å²) in [5.74, 6) is 1.93. The molecule has 0 fully saturated rings. The minimum Gasteiger partial charge on any atom is -0.484 e. The van der Waals surface area contributed by atoms with Gasteiger partial charge in [0.25, 0.3) is 11.1 Å². The number of ether oxygens (including phenoxy) is 1. The molecule has 0 saturated carbocycles. The van der Waals surface area contributed by atoms with Crippen LogP contribution < -0.4 is 4.74 Å². The summed E-state index contributed by atoms with van der Waals surface area (Å²) < 4.78 is 11.2. The van der Waals surface area contributed by atoms with Gasteiger partial charge in [-0.3, -0.25) is 4.79 Å². The molecule has 3 aromatic rings. The molecular formula is C22H24N2O3S. The van der Waals surface area contributed by atoms with Crippen molar-refractivity contribution in [2.45, 2.75) is 44.9 Å². The third-order valence-electron chi connectivity index (χ3n) is 4.54. The van der Waals surface area contributed by atoms with E-state index in [1.807, 2.05) is 55.5 Å². The van der Waals surface area contributed by atoms with Crippen LogP contribution in [0.25, 0.3) is 0 Å². The Balaban J connectivity index is 1.50. The molecule has 6 heteroatoms. The van der Waals surface area contributed by atoms with Crippen molar-refractivity contribution < 1.29 is 13.9 Å². The minimum absolute atomic E-state index is 0.0384. The number of ketones is 1. The molecule has 1 aromatic heterocycles. The van der Waals surface area contributed by atoms with Gasteiger partial charge in [0.2, 0.25) is 0 Å². The van der Waals surface area contributed by atoms with Crippen molar-refractivity contribution in [1.82, 2.24) is 10.2 Å². The fourth-order valence-electron chi connectivity index (χ4n) is 2.65. The summed E-state index contributed by atoms with van der Waals surface area (Å²) >= 11 is 1.24. The van der Waals surface area contributed by atoms with Crippen LogP contribution in [0.3, 0.4) is 0 Å². The van der Waals surface area contributed by atoms with Gasteiger partial charge in [0, 0.05) is 5.56 Å². The fraction of sp³-hybridized carbons (Fsp3) is 0.318. The lowest BCUT2D eigenvalue weighted by Gasteiger charge is -2.09. The predicted octanol–water partition coefficient (Wildman–Crippen LogP) is 5.45. The zero-order valence-corrected chi connectivity index (χ0v) is 17.2. The number of hydrogen-bond acceptors (Lipinski definition) is 6. The first-order valence-electron chi connectivity index (χ1n) is 9.33. The predicted molar refractivity (Wildman–Crippen MR) is 110 cm³/mol. The van der Waals surface area contributed by atoms with Gasteiger partial charge in [-0.15, -0.1) is 10.2 Å². The monoisotopic (exact) mass is 396 g/mol. The van der Waals surface area contributed by atoms with Gasteiger partial charge in [-0.1, -0.05) is 62.0 Å². The first kappa shape index (κ1) is 20.1. The molecule has 2 aromatic carbocycles. The van der Waals surface area contributed by atoms with Crippen LogP contribution in [0, 0.1) is 6.92 Å². The lowest BCUT2D eigenvalue weighted by atomic mass is 9.97.